The molecular formula is C4HCoKO6. The Hall–Kier alpha value is 0.583. The van der Waals surface area contributed by atoms with Crippen molar-refractivity contribution in [3.8, 4) is 0 Å². The number of hydrogen-bond acceptors (Lipinski definition) is 5. The molecule has 8 heteroatoms. The molecule has 0 bridgehead atoms. The van der Waals surface area contributed by atoms with Crippen molar-refractivity contribution in [1.82, 2.24) is 0 Å². The van der Waals surface area contributed by atoms with E-state index in [4.69, 9.17) is 27.3 Å². The van der Waals surface area contributed by atoms with Gasteiger partial charge in [-0.15, -0.1) is 0 Å². The molecule has 0 aliphatic rings. The summed E-state index contributed by atoms with van der Waals surface area (Å²) in [6, 6.07) is 0. The van der Waals surface area contributed by atoms with Gasteiger partial charge in [-0.1, -0.05) is 0 Å². The molecule has 63 valence electrons. The van der Waals surface area contributed by atoms with Crippen LogP contribution in [0.25, 0.3) is 0 Å². The molecule has 0 atom stereocenters. The van der Waals surface area contributed by atoms with Crippen LogP contribution in [-0.2, 0) is 38.0 Å². The van der Waals surface area contributed by atoms with Gasteiger partial charge in [-0.05, 0) is 0 Å². The minimum atomic E-state index is -0.812. The quantitative estimate of drug-likeness (QED) is 0.426. The molecule has 0 aromatic carbocycles. The first-order valence-electron chi connectivity index (χ1n) is 1.10. The molecule has 0 aromatic heterocycles. The van der Waals surface area contributed by atoms with E-state index in [1.807, 2.05) is 0 Å². The monoisotopic (exact) mass is 243 g/mol. The fourth-order valence-corrected chi connectivity index (χ4v) is 0. The molecule has 0 amide bonds. The molecule has 0 heterocycles. The van der Waals surface area contributed by atoms with Crippen LogP contribution >= 0.6 is 0 Å². The van der Waals surface area contributed by atoms with Crippen LogP contribution in [0.1, 0.15) is 0 Å². The van der Waals surface area contributed by atoms with Crippen molar-refractivity contribution in [2.24, 2.45) is 0 Å². The summed E-state index contributed by atoms with van der Waals surface area (Å²) >= 11 is -0.812. The predicted octanol–water partition coefficient (Wildman–Crippen LogP) is -5.26. The van der Waals surface area contributed by atoms with E-state index in [-0.39, 0.29) is 51.4 Å². The second-order valence-electron chi connectivity index (χ2n) is 0.0609. The molecule has 8 radical (unpaired) electrons. The van der Waals surface area contributed by atoms with Crippen LogP contribution in [-0.4, -0.2) is 31.4 Å². The summed E-state index contributed by atoms with van der Waals surface area (Å²) in [4.78, 5) is 30.0. The Morgan fingerprint density at radius 1 is 0.750 bits per heavy atom. The molecule has 0 unspecified atom stereocenters. The maximum atomic E-state index is 8.45. The predicted molar refractivity (Wildman–Crippen MR) is 25.7 cm³/mol. The Morgan fingerprint density at radius 3 is 0.750 bits per heavy atom. The van der Waals surface area contributed by atoms with Crippen molar-refractivity contribution in [1.29, 1.82) is 0 Å². The second kappa shape index (κ2) is 518. The Kier molecular flexibility index (Phi) is 1680. The molecule has 0 saturated heterocycles. The van der Waals surface area contributed by atoms with Crippen molar-refractivity contribution < 1.29 is 93.6 Å². The summed E-state index contributed by atoms with van der Waals surface area (Å²) in [5.74, 6) is 0. The van der Waals surface area contributed by atoms with Gasteiger partial charge in [-0.25, -0.2) is 0 Å². The van der Waals surface area contributed by atoms with Crippen LogP contribution < -0.4 is 51.4 Å². The van der Waals surface area contributed by atoms with E-state index in [9.17, 15) is 0 Å². The molecule has 0 aliphatic carbocycles. The standard InChI is InChI=1S/4CO.Co.K.H2O.O/c4*1-2;;;;/h;;;;;;1H2;/q;;;;;+1;;/p-1. The molecule has 6 nitrogen and oxygen atoms in total. The van der Waals surface area contributed by atoms with Crippen LogP contribution in [0.4, 0.5) is 0 Å². The molecule has 0 rings (SSSR count). The van der Waals surface area contributed by atoms with Crippen molar-refractivity contribution in [2.75, 3.05) is 0 Å². The van der Waals surface area contributed by atoms with Crippen LogP contribution in [0, 0.1) is 0 Å². The van der Waals surface area contributed by atoms with Gasteiger partial charge in [0.2, 0.25) is 0 Å². The van der Waals surface area contributed by atoms with Gasteiger partial charge in [0, 0.05) is 0 Å². The third-order valence-corrected chi connectivity index (χ3v) is 0. The zero-order chi connectivity index (χ0) is 10.7. The summed E-state index contributed by atoms with van der Waals surface area (Å²) in [6.07, 6.45) is 0. The van der Waals surface area contributed by atoms with E-state index < -0.39 is 15.0 Å². The summed E-state index contributed by atoms with van der Waals surface area (Å²) in [5, 5.41) is 0. The number of rotatable bonds is 0. The molecule has 0 aromatic rings. The van der Waals surface area contributed by atoms with E-state index in [1.54, 1.807) is 0 Å². The first kappa shape index (κ1) is 39.0. The molecule has 1 N–H and O–H groups in total. The van der Waals surface area contributed by atoms with Crippen molar-refractivity contribution >= 4 is 27.2 Å². The van der Waals surface area contributed by atoms with E-state index in [0.29, 0.717) is 0 Å². The van der Waals surface area contributed by atoms with Gasteiger partial charge < -0.3 is 0 Å². The topological polar surface area (TPSA) is 106 Å². The zero-order valence-electron chi connectivity index (χ0n) is 5.82. The summed E-state index contributed by atoms with van der Waals surface area (Å²) < 4.78 is 15.4. The molecular weight excluding hydrogens is 242 g/mol. The Labute approximate surface area is 119 Å². The van der Waals surface area contributed by atoms with Gasteiger partial charge in [0.1, 0.15) is 0 Å². The van der Waals surface area contributed by atoms with Crippen LogP contribution in [0.2, 0.25) is 0 Å². The fraction of sp³-hybridized carbons (Fsp3) is 0. The third-order valence-electron chi connectivity index (χ3n) is 0. The average Bonchev–Trinajstić information content (AvgIpc) is 2.18. The Balaban J connectivity index is -0.00000000933. The third kappa shape index (κ3) is 2860. The maximum absolute atomic E-state index is 8.45. The van der Waals surface area contributed by atoms with Crippen LogP contribution in [0.15, 0.2) is 0 Å². The van der Waals surface area contributed by atoms with Crippen LogP contribution in [0.3, 0.4) is 0 Å². The van der Waals surface area contributed by atoms with Gasteiger partial charge in [0.15, 0.2) is 0 Å². The van der Waals surface area contributed by atoms with E-state index >= 15 is 0 Å². The van der Waals surface area contributed by atoms with Crippen LogP contribution in [0.5, 0.6) is 0 Å². The molecule has 0 spiro atoms. The molecule has 0 fully saturated rings. The molecule has 0 saturated carbocycles. The van der Waals surface area contributed by atoms with Gasteiger partial charge in [-0.2, -0.15) is 0 Å². The second-order valence-corrected chi connectivity index (χ2v) is 0.251. The van der Waals surface area contributed by atoms with E-state index in [0.717, 1.165) is 0 Å². The van der Waals surface area contributed by atoms with Crippen molar-refractivity contribution in [3.05, 3.63) is 0 Å². The van der Waals surface area contributed by atoms with Crippen molar-refractivity contribution in [2.45, 2.75) is 0 Å². The first-order valence-corrected chi connectivity index (χ1v) is 1.99. The zero-order valence-corrected chi connectivity index (χ0v) is 9.99. The summed E-state index contributed by atoms with van der Waals surface area (Å²) in [5.41, 5.74) is 0. The van der Waals surface area contributed by atoms with E-state index in [2.05, 4.69) is 27.2 Å². The Morgan fingerprint density at radius 2 is 0.750 bits per heavy atom. The number of hydrogen-bond donors (Lipinski definition) is 1. The van der Waals surface area contributed by atoms with Gasteiger partial charge in [0.25, 0.3) is 27.2 Å². The summed E-state index contributed by atoms with van der Waals surface area (Å²) in [7, 11) is 0. The van der Waals surface area contributed by atoms with Gasteiger partial charge >= 0.3 is 74.4 Å². The first-order chi connectivity index (χ1) is 5.41. The average molecular weight is 243 g/mol. The molecule has 12 heavy (non-hydrogen) atoms. The Bertz CT molecular complexity index is 48.8. The normalized spacial score (nSPS) is 3.08. The SMILES string of the molecule is [C]=O.[C]=O.[C]=O.[C]=O.[K+].[O]=[Co-][OH]. The summed E-state index contributed by atoms with van der Waals surface area (Å²) in [6.45, 7) is 18.0. The number of carbonyl (C=O) groups excluding carboxylic acids is 4. The molecule has 0 aliphatic heterocycles. The van der Waals surface area contributed by atoms with E-state index in [1.165, 1.54) is 0 Å². The van der Waals surface area contributed by atoms with Gasteiger partial charge in [-0.3, -0.25) is 19.2 Å². The minimum absolute atomic E-state index is 0. The van der Waals surface area contributed by atoms with Crippen molar-refractivity contribution in [3.63, 3.8) is 0 Å². The van der Waals surface area contributed by atoms with Gasteiger partial charge in [0.05, 0.1) is 0 Å². The fourth-order valence-electron chi connectivity index (χ4n) is 0.